The molecule has 1 aliphatic rings. The molecule has 0 radical (unpaired) electrons. The summed E-state index contributed by atoms with van der Waals surface area (Å²) in [7, 11) is -3.51. The maximum absolute atomic E-state index is 12.9. The van der Waals surface area contributed by atoms with Crippen LogP contribution < -0.4 is 4.90 Å². The molecule has 0 saturated carbocycles. The largest absolute Gasteiger partial charge is 0.357 e. The van der Waals surface area contributed by atoms with Crippen LogP contribution in [0.5, 0.6) is 0 Å². The Bertz CT molecular complexity index is 596. The number of hydrogen-bond acceptors (Lipinski definition) is 4. The van der Waals surface area contributed by atoms with Crippen LogP contribution in [0.3, 0.4) is 0 Å². The molecule has 0 aliphatic carbocycles. The fourth-order valence-electron chi connectivity index (χ4n) is 3.46. The number of rotatable bonds is 5. The molecule has 1 aromatic heterocycles. The molecule has 0 atom stereocenters. The third-order valence-corrected chi connectivity index (χ3v) is 6.73. The molecule has 1 saturated heterocycles. The molecule has 0 amide bonds. The van der Waals surface area contributed by atoms with E-state index in [9.17, 15) is 8.42 Å². The van der Waals surface area contributed by atoms with E-state index in [-0.39, 0.29) is 17.0 Å². The molecule has 2 heterocycles. The van der Waals surface area contributed by atoms with E-state index in [4.69, 9.17) is 0 Å². The lowest BCUT2D eigenvalue weighted by Gasteiger charge is -2.30. The lowest BCUT2D eigenvalue weighted by molar-refractivity contribution is 0.302. The highest BCUT2D eigenvalue weighted by Crippen LogP contribution is 2.23. The number of aromatic nitrogens is 1. The minimum atomic E-state index is -3.51. The Labute approximate surface area is 147 Å². The van der Waals surface area contributed by atoms with Gasteiger partial charge in [0, 0.05) is 31.4 Å². The summed E-state index contributed by atoms with van der Waals surface area (Å²) in [5, 5.41) is 0. The first-order valence-corrected chi connectivity index (χ1v) is 10.5. The summed E-state index contributed by atoms with van der Waals surface area (Å²) < 4.78 is 27.3. The van der Waals surface area contributed by atoms with E-state index in [1.807, 2.05) is 33.8 Å². The fourth-order valence-corrected chi connectivity index (χ4v) is 5.24. The van der Waals surface area contributed by atoms with Crippen molar-refractivity contribution in [3.8, 4) is 0 Å². The van der Waals surface area contributed by atoms with Gasteiger partial charge in [-0.3, -0.25) is 0 Å². The van der Waals surface area contributed by atoms with Crippen molar-refractivity contribution >= 4 is 15.8 Å². The van der Waals surface area contributed by atoms with Crippen LogP contribution in [-0.4, -0.2) is 42.9 Å². The van der Waals surface area contributed by atoms with Crippen molar-refractivity contribution in [1.82, 2.24) is 9.29 Å². The van der Waals surface area contributed by atoms with Gasteiger partial charge in [-0.2, -0.15) is 4.31 Å². The van der Waals surface area contributed by atoms with E-state index >= 15 is 0 Å². The maximum Gasteiger partial charge on any atom is 0.245 e. The van der Waals surface area contributed by atoms with Crippen LogP contribution in [-0.2, 0) is 10.0 Å². The van der Waals surface area contributed by atoms with E-state index in [1.54, 1.807) is 10.4 Å². The first-order chi connectivity index (χ1) is 11.3. The monoisotopic (exact) mass is 353 g/mol. The molecule has 1 aromatic rings. The standard InChI is InChI=1S/C18H31N3O2S/c1-15(2)21(16(3)4)24(22,23)17-10-11-18(19-14-17)20-12-8-6-5-7-9-13-20/h10-11,14-16H,5-9,12-13H2,1-4H3. The van der Waals surface area contributed by atoms with Gasteiger partial charge in [0.15, 0.2) is 0 Å². The third kappa shape index (κ3) is 4.48. The Morgan fingerprint density at radius 2 is 1.50 bits per heavy atom. The number of pyridine rings is 1. The average Bonchev–Trinajstić information content (AvgIpc) is 2.45. The minimum Gasteiger partial charge on any atom is -0.357 e. The molecule has 0 bridgehead atoms. The van der Waals surface area contributed by atoms with Crippen LogP contribution in [0.2, 0.25) is 0 Å². The molecule has 0 spiro atoms. The normalized spacial score (nSPS) is 17.4. The van der Waals surface area contributed by atoms with Crippen molar-refractivity contribution in [2.24, 2.45) is 0 Å². The molecular formula is C18H31N3O2S. The van der Waals surface area contributed by atoms with Crippen LogP contribution in [0, 0.1) is 0 Å². The molecule has 0 N–H and O–H groups in total. The predicted molar refractivity (Wildman–Crippen MR) is 98.8 cm³/mol. The second-order valence-corrected chi connectivity index (χ2v) is 8.97. The van der Waals surface area contributed by atoms with E-state index in [2.05, 4.69) is 9.88 Å². The third-order valence-electron chi connectivity index (χ3n) is 4.49. The van der Waals surface area contributed by atoms with Crippen molar-refractivity contribution in [3.05, 3.63) is 18.3 Å². The van der Waals surface area contributed by atoms with E-state index < -0.39 is 10.0 Å². The predicted octanol–water partition coefficient (Wildman–Crippen LogP) is 3.66. The van der Waals surface area contributed by atoms with Gasteiger partial charge in [0.25, 0.3) is 0 Å². The molecule has 5 nitrogen and oxygen atoms in total. The van der Waals surface area contributed by atoms with E-state index in [0.29, 0.717) is 0 Å². The molecular weight excluding hydrogens is 322 g/mol. The lowest BCUT2D eigenvalue weighted by atomic mass is 10.1. The molecule has 136 valence electrons. The summed E-state index contributed by atoms with van der Waals surface area (Å²) in [6, 6.07) is 3.40. The summed E-state index contributed by atoms with van der Waals surface area (Å²) in [6.45, 7) is 9.62. The zero-order chi connectivity index (χ0) is 17.7. The van der Waals surface area contributed by atoms with Crippen molar-refractivity contribution in [2.45, 2.75) is 76.8 Å². The quantitative estimate of drug-likeness (QED) is 0.810. The molecule has 24 heavy (non-hydrogen) atoms. The Morgan fingerprint density at radius 3 is 1.96 bits per heavy atom. The second kappa shape index (κ2) is 8.30. The van der Waals surface area contributed by atoms with Crippen LogP contribution in [0.15, 0.2) is 23.2 Å². The smallest absolute Gasteiger partial charge is 0.245 e. The topological polar surface area (TPSA) is 53.5 Å². The summed E-state index contributed by atoms with van der Waals surface area (Å²) in [5.74, 6) is 0.886. The van der Waals surface area contributed by atoms with Gasteiger partial charge in [0.2, 0.25) is 10.0 Å². The van der Waals surface area contributed by atoms with Gasteiger partial charge in [0.05, 0.1) is 0 Å². The summed E-state index contributed by atoms with van der Waals surface area (Å²) in [4.78, 5) is 7.02. The van der Waals surface area contributed by atoms with Gasteiger partial charge in [0.1, 0.15) is 10.7 Å². The van der Waals surface area contributed by atoms with Crippen molar-refractivity contribution in [1.29, 1.82) is 0 Å². The van der Waals surface area contributed by atoms with Crippen LogP contribution >= 0.6 is 0 Å². The molecule has 0 unspecified atom stereocenters. The first-order valence-electron chi connectivity index (χ1n) is 9.08. The lowest BCUT2D eigenvalue weighted by Crippen LogP contribution is -2.42. The van der Waals surface area contributed by atoms with Crippen molar-refractivity contribution in [2.75, 3.05) is 18.0 Å². The molecule has 1 fully saturated rings. The Balaban J connectivity index is 2.21. The van der Waals surface area contributed by atoms with Crippen molar-refractivity contribution < 1.29 is 8.42 Å². The van der Waals surface area contributed by atoms with E-state index in [1.165, 1.54) is 38.3 Å². The van der Waals surface area contributed by atoms with Crippen LogP contribution in [0.25, 0.3) is 0 Å². The summed E-state index contributed by atoms with van der Waals surface area (Å²) in [5.41, 5.74) is 0. The van der Waals surface area contributed by atoms with Crippen LogP contribution in [0.1, 0.15) is 59.8 Å². The average molecular weight is 354 g/mol. The van der Waals surface area contributed by atoms with E-state index in [0.717, 1.165) is 18.9 Å². The van der Waals surface area contributed by atoms with Gasteiger partial charge < -0.3 is 4.90 Å². The van der Waals surface area contributed by atoms with Crippen LogP contribution in [0.4, 0.5) is 5.82 Å². The van der Waals surface area contributed by atoms with Crippen molar-refractivity contribution in [3.63, 3.8) is 0 Å². The summed E-state index contributed by atoms with van der Waals surface area (Å²) in [6.07, 6.45) is 7.72. The number of hydrogen-bond donors (Lipinski definition) is 0. The SMILES string of the molecule is CC(C)N(C(C)C)S(=O)(=O)c1ccc(N2CCCCCCC2)nc1. The number of nitrogens with zero attached hydrogens (tertiary/aromatic N) is 3. The highest BCUT2D eigenvalue weighted by atomic mass is 32.2. The Kier molecular flexibility index (Phi) is 6.63. The highest BCUT2D eigenvalue weighted by molar-refractivity contribution is 7.89. The number of anilines is 1. The van der Waals surface area contributed by atoms with Gasteiger partial charge >= 0.3 is 0 Å². The highest BCUT2D eigenvalue weighted by Gasteiger charge is 2.29. The first kappa shape index (κ1) is 19.2. The fraction of sp³-hybridized carbons (Fsp3) is 0.722. The van der Waals surface area contributed by atoms with Gasteiger partial charge in [-0.25, -0.2) is 13.4 Å². The van der Waals surface area contributed by atoms with Gasteiger partial charge in [-0.15, -0.1) is 0 Å². The summed E-state index contributed by atoms with van der Waals surface area (Å²) >= 11 is 0. The maximum atomic E-state index is 12.9. The van der Waals surface area contributed by atoms with Gasteiger partial charge in [-0.1, -0.05) is 19.3 Å². The van der Waals surface area contributed by atoms with Gasteiger partial charge in [-0.05, 0) is 52.7 Å². The molecule has 6 heteroatoms. The zero-order valence-corrected chi connectivity index (χ0v) is 16.2. The molecule has 0 aromatic carbocycles. The zero-order valence-electron chi connectivity index (χ0n) is 15.4. The molecule has 2 rings (SSSR count). The minimum absolute atomic E-state index is 0.0796. The molecule has 1 aliphatic heterocycles. The second-order valence-electron chi connectivity index (χ2n) is 7.13. The Morgan fingerprint density at radius 1 is 0.958 bits per heavy atom. The Hall–Kier alpha value is -1.14. The number of sulfonamides is 1.